The van der Waals surface area contributed by atoms with Crippen molar-refractivity contribution >= 4 is 34.6 Å². The van der Waals surface area contributed by atoms with Crippen LogP contribution in [0.2, 0.25) is 0 Å². The molecule has 0 unspecified atom stereocenters. The minimum Gasteiger partial charge on any atom is -0.336 e. The first-order valence-electron chi connectivity index (χ1n) is 8.20. The molecule has 0 atom stereocenters. The van der Waals surface area contributed by atoms with Crippen LogP contribution >= 0.6 is 11.8 Å². The van der Waals surface area contributed by atoms with Gasteiger partial charge in [-0.05, 0) is 38.8 Å². The second kappa shape index (κ2) is 7.26. The van der Waals surface area contributed by atoms with Crippen LogP contribution in [0.1, 0.15) is 32.7 Å². The molecule has 2 N–H and O–H groups in total. The standard InChI is InChI=1S/C17H20N4O3S/c1-10(2)18-16(24)20-14(22)9-25-17-19-13-6-4-3-5-12(13)15(23)21(17)11-7-8-11/h3-6,10-11H,7-9H2,1-2H3,(H2,18,20,22,24). The molecule has 1 aromatic heterocycles. The number of nitrogens with one attached hydrogen (secondary N) is 2. The molecule has 0 spiro atoms. The average molecular weight is 360 g/mol. The van der Waals surface area contributed by atoms with Gasteiger partial charge in [0.15, 0.2) is 5.16 Å². The number of thioether (sulfide) groups is 1. The molecule has 1 saturated carbocycles. The lowest BCUT2D eigenvalue weighted by Gasteiger charge is -2.12. The molecular weight excluding hydrogens is 340 g/mol. The molecule has 0 aliphatic heterocycles. The van der Waals surface area contributed by atoms with Gasteiger partial charge in [-0.3, -0.25) is 19.5 Å². The van der Waals surface area contributed by atoms with E-state index in [-0.39, 0.29) is 23.4 Å². The summed E-state index contributed by atoms with van der Waals surface area (Å²) in [5.41, 5.74) is 0.540. The van der Waals surface area contributed by atoms with Gasteiger partial charge in [-0.25, -0.2) is 9.78 Å². The molecule has 1 fully saturated rings. The summed E-state index contributed by atoms with van der Waals surface area (Å²) in [6.45, 7) is 3.62. The lowest BCUT2D eigenvalue weighted by Crippen LogP contribution is -2.43. The number of hydrogen-bond donors (Lipinski definition) is 2. The highest BCUT2D eigenvalue weighted by Gasteiger charge is 2.28. The first-order valence-corrected chi connectivity index (χ1v) is 9.18. The first-order chi connectivity index (χ1) is 12.0. The quantitative estimate of drug-likeness (QED) is 0.629. The molecule has 132 valence electrons. The highest BCUT2D eigenvalue weighted by Crippen LogP contribution is 2.36. The highest BCUT2D eigenvalue weighted by molar-refractivity contribution is 7.99. The summed E-state index contributed by atoms with van der Waals surface area (Å²) >= 11 is 1.17. The third-order valence-corrected chi connectivity index (χ3v) is 4.65. The molecule has 7 nitrogen and oxygen atoms in total. The van der Waals surface area contributed by atoms with Crippen molar-refractivity contribution in [3.8, 4) is 0 Å². The largest absolute Gasteiger partial charge is 0.336 e. The van der Waals surface area contributed by atoms with Crippen molar-refractivity contribution in [3.63, 3.8) is 0 Å². The zero-order valence-electron chi connectivity index (χ0n) is 14.1. The van der Waals surface area contributed by atoms with Crippen LogP contribution < -0.4 is 16.2 Å². The third-order valence-electron chi connectivity index (χ3n) is 3.69. The Morgan fingerprint density at radius 1 is 1.32 bits per heavy atom. The summed E-state index contributed by atoms with van der Waals surface area (Å²) in [7, 11) is 0. The molecule has 2 aromatic rings. The van der Waals surface area contributed by atoms with Gasteiger partial charge in [0.05, 0.1) is 16.7 Å². The van der Waals surface area contributed by atoms with Gasteiger partial charge in [-0.15, -0.1) is 0 Å². The molecule has 8 heteroatoms. The fraction of sp³-hybridized carbons (Fsp3) is 0.412. The van der Waals surface area contributed by atoms with Gasteiger partial charge < -0.3 is 5.32 Å². The monoisotopic (exact) mass is 360 g/mol. The lowest BCUT2D eigenvalue weighted by molar-refractivity contribution is -0.117. The van der Waals surface area contributed by atoms with Crippen LogP contribution in [-0.2, 0) is 4.79 Å². The molecule has 3 rings (SSSR count). The van der Waals surface area contributed by atoms with Crippen molar-refractivity contribution < 1.29 is 9.59 Å². The molecule has 25 heavy (non-hydrogen) atoms. The van der Waals surface area contributed by atoms with Gasteiger partial charge in [0.25, 0.3) is 5.56 Å². The number of carbonyl (C=O) groups is 2. The predicted molar refractivity (Wildman–Crippen MR) is 96.8 cm³/mol. The Morgan fingerprint density at radius 2 is 2.04 bits per heavy atom. The van der Waals surface area contributed by atoms with Crippen LogP contribution in [0.3, 0.4) is 0 Å². The number of rotatable bonds is 5. The van der Waals surface area contributed by atoms with E-state index in [9.17, 15) is 14.4 Å². The zero-order valence-corrected chi connectivity index (χ0v) is 14.9. The van der Waals surface area contributed by atoms with E-state index in [1.54, 1.807) is 16.7 Å². The molecule has 1 aliphatic carbocycles. The summed E-state index contributed by atoms with van der Waals surface area (Å²) in [6, 6.07) is 6.77. The number of urea groups is 1. The van der Waals surface area contributed by atoms with Gasteiger partial charge in [0.1, 0.15) is 0 Å². The van der Waals surface area contributed by atoms with Gasteiger partial charge in [0.2, 0.25) is 5.91 Å². The minimum absolute atomic E-state index is 0.0169. The first kappa shape index (κ1) is 17.5. The molecule has 1 aliphatic rings. The molecule has 3 amide bonds. The minimum atomic E-state index is -0.522. The Morgan fingerprint density at radius 3 is 2.72 bits per heavy atom. The SMILES string of the molecule is CC(C)NC(=O)NC(=O)CSc1nc2ccccc2c(=O)n1C1CC1. The Kier molecular flexibility index (Phi) is 5.08. The topological polar surface area (TPSA) is 93.1 Å². The molecule has 1 heterocycles. The summed E-state index contributed by atoms with van der Waals surface area (Å²) in [5.74, 6) is -0.406. The van der Waals surface area contributed by atoms with E-state index in [1.807, 2.05) is 26.0 Å². The second-order valence-electron chi connectivity index (χ2n) is 6.28. The van der Waals surface area contributed by atoms with Crippen molar-refractivity contribution in [2.24, 2.45) is 0 Å². The van der Waals surface area contributed by atoms with Crippen molar-refractivity contribution in [1.82, 2.24) is 20.2 Å². The smallest absolute Gasteiger partial charge is 0.321 e. The van der Waals surface area contributed by atoms with Gasteiger partial charge in [0, 0.05) is 12.1 Å². The normalized spacial score (nSPS) is 13.9. The van der Waals surface area contributed by atoms with Gasteiger partial charge in [-0.1, -0.05) is 23.9 Å². The van der Waals surface area contributed by atoms with E-state index in [0.717, 1.165) is 12.8 Å². The van der Waals surface area contributed by atoms with Crippen LogP contribution in [0.5, 0.6) is 0 Å². The number of amides is 3. The summed E-state index contributed by atoms with van der Waals surface area (Å²) in [5, 5.41) is 5.97. The van der Waals surface area contributed by atoms with Crippen molar-refractivity contribution in [2.45, 2.75) is 43.9 Å². The van der Waals surface area contributed by atoms with E-state index >= 15 is 0 Å². The number of fused-ring (bicyclic) bond motifs is 1. The molecule has 0 bridgehead atoms. The maximum absolute atomic E-state index is 12.7. The number of benzene rings is 1. The molecule has 0 saturated heterocycles. The van der Waals surface area contributed by atoms with E-state index < -0.39 is 11.9 Å². The van der Waals surface area contributed by atoms with E-state index in [1.165, 1.54) is 11.8 Å². The van der Waals surface area contributed by atoms with Crippen LogP contribution in [0, 0.1) is 0 Å². The number of carbonyl (C=O) groups excluding carboxylic acids is 2. The van der Waals surface area contributed by atoms with E-state index in [4.69, 9.17) is 0 Å². The van der Waals surface area contributed by atoms with Crippen molar-refractivity contribution in [2.75, 3.05) is 5.75 Å². The van der Waals surface area contributed by atoms with Crippen LogP contribution in [0.15, 0.2) is 34.2 Å². The second-order valence-corrected chi connectivity index (χ2v) is 7.23. The Bertz CT molecular complexity index is 874. The van der Waals surface area contributed by atoms with Gasteiger partial charge in [-0.2, -0.15) is 0 Å². The predicted octanol–water partition coefficient (Wildman–Crippen LogP) is 2.06. The van der Waals surface area contributed by atoms with Crippen molar-refractivity contribution in [1.29, 1.82) is 0 Å². The average Bonchev–Trinajstić information content (AvgIpc) is 3.37. The summed E-state index contributed by atoms with van der Waals surface area (Å²) in [6.07, 6.45) is 1.88. The maximum atomic E-state index is 12.7. The number of nitrogens with zero attached hydrogens (tertiary/aromatic N) is 2. The molecular formula is C17H20N4O3S. The Hall–Kier alpha value is -2.35. The number of aromatic nitrogens is 2. The maximum Gasteiger partial charge on any atom is 0.321 e. The van der Waals surface area contributed by atoms with Crippen LogP contribution in [0.25, 0.3) is 10.9 Å². The van der Waals surface area contributed by atoms with Gasteiger partial charge >= 0.3 is 6.03 Å². The Balaban J connectivity index is 1.77. The summed E-state index contributed by atoms with van der Waals surface area (Å²) < 4.78 is 1.68. The summed E-state index contributed by atoms with van der Waals surface area (Å²) in [4.78, 5) is 40.8. The van der Waals surface area contributed by atoms with E-state index in [2.05, 4.69) is 15.6 Å². The number of imide groups is 1. The fourth-order valence-electron chi connectivity index (χ4n) is 2.47. The van der Waals surface area contributed by atoms with E-state index in [0.29, 0.717) is 16.1 Å². The highest BCUT2D eigenvalue weighted by atomic mass is 32.2. The third kappa shape index (κ3) is 4.19. The number of hydrogen-bond acceptors (Lipinski definition) is 5. The fourth-order valence-corrected chi connectivity index (χ4v) is 3.34. The Labute approximate surface area is 149 Å². The molecule has 0 radical (unpaired) electrons. The molecule has 1 aromatic carbocycles. The number of para-hydroxylation sites is 1. The van der Waals surface area contributed by atoms with Crippen LogP contribution in [0.4, 0.5) is 4.79 Å². The zero-order chi connectivity index (χ0) is 18.0. The van der Waals surface area contributed by atoms with Crippen LogP contribution in [-0.4, -0.2) is 33.3 Å². The lowest BCUT2D eigenvalue weighted by atomic mass is 10.2. The van der Waals surface area contributed by atoms with Crippen molar-refractivity contribution in [3.05, 3.63) is 34.6 Å².